The molecule has 0 aliphatic carbocycles. The molecule has 0 saturated carbocycles. The number of nitrogens with zero attached hydrogens (tertiary/aromatic N) is 4. The summed E-state index contributed by atoms with van der Waals surface area (Å²) >= 11 is -0.227. The first-order chi connectivity index (χ1) is 17.7. The fraction of sp³-hybridized carbons (Fsp3) is 0.500. The van der Waals surface area contributed by atoms with Crippen LogP contribution in [-0.2, 0) is 20.1 Å². The zero-order chi connectivity index (χ0) is 28.4. The van der Waals surface area contributed by atoms with Gasteiger partial charge < -0.3 is 15.4 Å². The van der Waals surface area contributed by atoms with Crippen molar-refractivity contribution in [2.24, 2.45) is 0 Å². The van der Waals surface area contributed by atoms with Crippen molar-refractivity contribution in [1.82, 2.24) is 15.1 Å². The fourth-order valence-corrected chi connectivity index (χ4v) is 4.71. The number of allylic oxidation sites excluding steroid dienone is 4. The lowest BCUT2D eigenvalue weighted by molar-refractivity contribution is 0.0523. The number of fused-ring (bicyclic) bond motifs is 1. The first-order valence-corrected chi connectivity index (χ1v) is 14.0. The van der Waals surface area contributed by atoms with Gasteiger partial charge in [-0.1, -0.05) is 6.07 Å². The maximum absolute atomic E-state index is 13.0. The Kier molecular flexibility index (Phi) is 8.50. The maximum Gasteiger partial charge on any atom is 0.435 e. The van der Waals surface area contributed by atoms with Crippen LogP contribution in [-0.4, -0.2) is 45.6 Å². The van der Waals surface area contributed by atoms with Gasteiger partial charge in [0.15, 0.2) is 10.6 Å². The highest BCUT2D eigenvalue weighted by molar-refractivity contribution is 7.93. The van der Waals surface area contributed by atoms with Crippen molar-refractivity contribution in [3.8, 4) is 12.1 Å². The number of rotatable bonds is 6. The highest BCUT2D eigenvalue weighted by Gasteiger charge is 2.32. The molecule has 0 spiro atoms. The van der Waals surface area contributed by atoms with E-state index < -0.39 is 17.6 Å². The summed E-state index contributed by atoms with van der Waals surface area (Å²) in [5.41, 5.74) is 3.01. The molecule has 0 fully saturated rings. The minimum absolute atomic E-state index is 0.0446. The monoisotopic (exact) mass is 537 g/mol. The normalized spacial score (nSPS) is 15.7. The third kappa shape index (κ3) is 6.32. The van der Waals surface area contributed by atoms with E-state index in [0.717, 1.165) is 5.56 Å². The van der Waals surface area contributed by atoms with Crippen LogP contribution < -0.4 is 10.6 Å². The van der Waals surface area contributed by atoms with E-state index in [2.05, 4.69) is 54.9 Å². The van der Waals surface area contributed by atoms with Gasteiger partial charge in [0.2, 0.25) is 0 Å². The van der Waals surface area contributed by atoms with Gasteiger partial charge in [0, 0.05) is 23.3 Å². The Labute approximate surface area is 228 Å². The zero-order valence-corrected chi connectivity index (χ0v) is 24.5. The highest BCUT2D eigenvalue weighted by Crippen LogP contribution is 2.39. The zero-order valence-electron chi connectivity index (χ0n) is 23.6. The van der Waals surface area contributed by atoms with Gasteiger partial charge >= 0.3 is 6.09 Å². The molecule has 2 N–H and O–H groups in total. The predicted octanol–water partition coefficient (Wildman–Crippen LogP) is 5.49. The van der Waals surface area contributed by atoms with E-state index in [9.17, 15) is 15.3 Å². The van der Waals surface area contributed by atoms with Gasteiger partial charge in [-0.2, -0.15) is 19.4 Å². The van der Waals surface area contributed by atoms with Crippen LogP contribution in [0.2, 0.25) is 0 Å². The molecule has 1 aromatic carbocycles. The second-order valence-corrected chi connectivity index (χ2v) is 13.6. The van der Waals surface area contributed by atoms with Crippen molar-refractivity contribution in [1.29, 1.82) is 10.5 Å². The Morgan fingerprint density at radius 1 is 1.13 bits per heavy atom. The largest absolute Gasteiger partial charge is 0.442 e. The number of hydrogen-bond acceptors (Lipinski definition) is 8. The average Bonchev–Trinajstić information content (AvgIpc) is 3.17. The van der Waals surface area contributed by atoms with E-state index in [1.54, 1.807) is 26.8 Å². The van der Waals surface area contributed by atoms with Gasteiger partial charge in [0.05, 0.1) is 34.7 Å². The van der Waals surface area contributed by atoms with E-state index in [4.69, 9.17) is 8.92 Å². The van der Waals surface area contributed by atoms with Crippen LogP contribution in [0.3, 0.4) is 0 Å². The lowest BCUT2D eigenvalue weighted by Gasteiger charge is -2.26. The van der Waals surface area contributed by atoms with Crippen LogP contribution in [0.15, 0.2) is 40.7 Å². The topological polar surface area (TPSA) is 125 Å². The minimum Gasteiger partial charge on any atom is -0.442 e. The summed E-state index contributed by atoms with van der Waals surface area (Å²) in [6.07, 6.45) is 1.48. The molecule has 1 aliphatic heterocycles. The summed E-state index contributed by atoms with van der Waals surface area (Å²) in [7, 11) is 0. The molecule has 38 heavy (non-hydrogen) atoms. The Morgan fingerprint density at radius 3 is 2.26 bits per heavy atom. The molecule has 2 heterocycles. The van der Waals surface area contributed by atoms with Crippen LogP contribution in [0.4, 0.5) is 10.6 Å². The molecule has 2 aromatic rings. The van der Waals surface area contributed by atoms with Crippen molar-refractivity contribution in [2.75, 3.05) is 24.7 Å². The highest BCUT2D eigenvalue weighted by atomic mass is 32.2. The van der Waals surface area contributed by atoms with Gasteiger partial charge in [0.1, 0.15) is 29.6 Å². The van der Waals surface area contributed by atoms with Gasteiger partial charge in [-0.05, 0) is 73.1 Å². The van der Waals surface area contributed by atoms with Crippen LogP contribution in [0.25, 0.3) is 10.9 Å². The summed E-state index contributed by atoms with van der Waals surface area (Å²) in [6, 6.07) is 10.0. The smallest absolute Gasteiger partial charge is 0.435 e. The summed E-state index contributed by atoms with van der Waals surface area (Å²) < 4.78 is 12.9. The van der Waals surface area contributed by atoms with E-state index in [1.807, 2.05) is 26.0 Å². The number of dihydropyridines is 1. The van der Waals surface area contributed by atoms with Gasteiger partial charge in [-0.25, -0.2) is 4.79 Å². The molecular weight excluding hydrogens is 500 g/mol. The molecule has 9 nitrogen and oxygen atoms in total. The lowest BCUT2D eigenvalue weighted by Crippen LogP contribution is -2.30. The minimum atomic E-state index is -0.691. The van der Waals surface area contributed by atoms with Crippen LogP contribution >= 0.6 is 0 Å². The Bertz CT molecular complexity index is 1340. The Balaban J connectivity index is 2.05. The first kappa shape index (κ1) is 29.1. The van der Waals surface area contributed by atoms with E-state index in [0.29, 0.717) is 52.4 Å². The van der Waals surface area contributed by atoms with Crippen molar-refractivity contribution in [3.63, 3.8) is 0 Å². The van der Waals surface area contributed by atoms with E-state index >= 15 is 0 Å². The Morgan fingerprint density at radius 2 is 1.74 bits per heavy atom. The van der Waals surface area contributed by atoms with Crippen molar-refractivity contribution in [3.05, 3.63) is 46.3 Å². The predicted molar refractivity (Wildman–Crippen MR) is 151 cm³/mol. The summed E-state index contributed by atoms with van der Waals surface area (Å²) in [4.78, 5) is 13.0. The van der Waals surface area contributed by atoms with E-state index in [1.165, 1.54) is 4.68 Å². The molecule has 1 aromatic heterocycles. The second-order valence-electron chi connectivity index (χ2n) is 11.2. The maximum atomic E-state index is 13.0. The van der Waals surface area contributed by atoms with E-state index in [-0.39, 0.29) is 15.9 Å². The number of benzene rings is 1. The Hall–Kier alpha value is -3.47. The van der Waals surface area contributed by atoms with Gasteiger partial charge in [-0.3, -0.25) is 0 Å². The van der Waals surface area contributed by atoms with Crippen LogP contribution in [0.1, 0.15) is 66.9 Å². The van der Waals surface area contributed by atoms with Crippen molar-refractivity contribution < 1.29 is 13.7 Å². The summed E-state index contributed by atoms with van der Waals surface area (Å²) in [5, 5.41) is 31.5. The standard InChI is InChI=1S/C28H37N6O3S/c1-17-21(15-29)24(22(16-30)18(2)32-17)19-10-11-23-20(14-19)25(31-12-13-36-38(9)28(6,7)8)33-34(23)26(35)37-27(3,4)5/h10-11,14,24,32H,12-13H2,1-9H3,(H,31,33)/q+1. The number of nitriles is 2. The van der Waals surface area contributed by atoms with Crippen LogP contribution in [0.5, 0.6) is 0 Å². The quantitative estimate of drug-likeness (QED) is 0.366. The molecule has 1 aliphatic rings. The van der Waals surface area contributed by atoms with Crippen molar-refractivity contribution >= 4 is 34.0 Å². The second kappa shape index (κ2) is 11.1. The molecule has 0 amide bonds. The first-order valence-electron chi connectivity index (χ1n) is 12.5. The molecule has 3 rings (SSSR count). The summed E-state index contributed by atoms with van der Waals surface area (Å²) in [5.74, 6) is -0.0269. The molecular formula is C28H37N6O3S+. The molecule has 1 atom stereocenters. The molecule has 202 valence electrons. The number of aromatic nitrogens is 2. The van der Waals surface area contributed by atoms with Crippen LogP contribution in [0, 0.1) is 22.7 Å². The lowest BCUT2D eigenvalue weighted by atomic mass is 9.81. The molecule has 0 bridgehead atoms. The number of nitrogens with one attached hydrogen (secondary N) is 2. The fourth-order valence-electron chi connectivity index (χ4n) is 4.03. The van der Waals surface area contributed by atoms with Gasteiger partial charge in [0.25, 0.3) is 0 Å². The average molecular weight is 538 g/mol. The SMILES string of the molecule is CC1=C(C#N)C(c2ccc3c(c2)c(NCCO[S+](C)C(C)(C)C)nn3C(=O)OC(C)(C)C)C(C#N)=C(C)N1. The third-order valence-corrected chi connectivity index (χ3v) is 8.37. The third-order valence-electron chi connectivity index (χ3n) is 6.12. The molecule has 1 unspecified atom stereocenters. The number of carbonyl (C=O) groups is 1. The molecule has 0 saturated heterocycles. The number of hydrogen-bond donors (Lipinski definition) is 2. The molecule has 10 heteroatoms. The van der Waals surface area contributed by atoms with Gasteiger partial charge in [-0.15, -0.1) is 5.10 Å². The van der Waals surface area contributed by atoms with Crippen molar-refractivity contribution in [2.45, 2.75) is 71.7 Å². The summed E-state index contributed by atoms with van der Waals surface area (Å²) in [6.45, 7) is 16.4. The molecule has 0 radical (unpaired) electrons. The number of anilines is 1. The number of carbonyl (C=O) groups excluding carboxylic acids is 1. The number of ether oxygens (including phenoxy) is 1.